The maximum atomic E-state index is 14.0. The molecule has 0 aliphatic heterocycles. The second-order valence-corrected chi connectivity index (χ2v) is 7.15. The number of fused-ring (bicyclic) bond motifs is 5. The number of carboxylic acid groups (broad SMARTS) is 1. The van der Waals surface area contributed by atoms with Crippen LogP contribution in [-0.4, -0.2) is 21.3 Å². The molecule has 0 unspecified atom stereocenters. The minimum Gasteiger partial charge on any atom is -0.481 e. The maximum absolute atomic E-state index is 14.0. The summed E-state index contributed by atoms with van der Waals surface area (Å²) in [7, 11) is 0. The fraction of sp³-hybridized carbons (Fsp3) is 0.389. The minimum atomic E-state index is -1.08. The summed E-state index contributed by atoms with van der Waals surface area (Å²) in [5.41, 5.74) is -0.516. The Labute approximate surface area is 137 Å². The standard InChI is InChI=1S/C18H16F2N2O2/c1-17(2)10-6-7-18(17,16(23)24)15-9(10)8-13(21-22-15)14-11(19)4-3-5-12(14)20/h3-5,8,10H,6-7H2,1-2H3,(H,23,24)/t10-,18-/m0/s1. The van der Waals surface area contributed by atoms with Gasteiger partial charge in [0.15, 0.2) is 0 Å². The van der Waals surface area contributed by atoms with Gasteiger partial charge < -0.3 is 5.11 Å². The van der Waals surface area contributed by atoms with Crippen LogP contribution in [0.3, 0.4) is 0 Å². The van der Waals surface area contributed by atoms with E-state index in [2.05, 4.69) is 10.2 Å². The lowest BCUT2D eigenvalue weighted by molar-refractivity contribution is -0.147. The highest BCUT2D eigenvalue weighted by Crippen LogP contribution is 2.67. The lowest BCUT2D eigenvalue weighted by Gasteiger charge is -2.33. The number of carbonyl (C=O) groups is 1. The number of aromatic nitrogens is 2. The van der Waals surface area contributed by atoms with Crippen molar-refractivity contribution >= 4 is 5.97 Å². The second-order valence-electron chi connectivity index (χ2n) is 7.15. The molecule has 6 heteroatoms. The Morgan fingerprint density at radius 1 is 1.25 bits per heavy atom. The second kappa shape index (κ2) is 4.59. The van der Waals surface area contributed by atoms with Crippen molar-refractivity contribution in [1.29, 1.82) is 0 Å². The Hall–Kier alpha value is -2.37. The minimum absolute atomic E-state index is 0.00677. The van der Waals surface area contributed by atoms with Crippen molar-refractivity contribution in [2.45, 2.75) is 38.0 Å². The van der Waals surface area contributed by atoms with Crippen molar-refractivity contribution < 1.29 is 18.7 Å². The van der Waals surface area contributed by atoms with Gasteiger partial charge in [-0.15, -0.1) is 5.10 Å². The molecule has 1 aromatic heterocycles. The van der Waals surface area contributed by atoms with Gasteiger partial charge in [-0.25, -0.2) is 8.78 Å². The number of hydrogen-bond acceptors (Lipinski definition) is 3. The average Bonchev–Trinajstić information content (AvgIpc) is 2.89. The molecular weight excluding hydrogens is 314 g/mol. The van der Waals surface area contributed by atoms with Crippen molar-refractivity contribution in [3.05, 3.63) is 47.2 Å². The number of rotatable bonds is 2. The molecule has 2 atom stereocenters. The first-order chi connectivity index (χ1) is 11.3. The molecule has 1 saturated carbocycles. The normalized spacial score (nSPS) is 26.4. The summed E-state index contributed by atoms with van der Waals surface area (Å²) in [6, 6.07) is 5.24. The van der Waals surface area contributed by atoms with Crippen LogP contribution in [0.25, 0.3) is 11.3 Å². The van der Waals surface area contributed by atoms with Gasteiger partial charge in [0.25, 0.3) is 0 Å². The largest absolute Gasteiger partial charge is 0.481 e. The number of aliphatic carboxylic acids is 1. The monoisotopic (exact) mass is 330 g/mol. The Balaban J connectivity index is 1.94. The SMILES string of the molecule is CC1(C)[C@H]2CC[C@@]1(C(=O)O)c1nnc(-c3c(F)cccc3F)cc12. The molecule has 2 aliphatic carbocycles. The zero-order chi connectivity index (χ0) is 17.3. The average molecular weight is 330 g/mol. The lowest BCUT2D eigenvalue weighted by atomic mass is 9.68. The van der Waals surface area contributed by atoms with E-state index in [1.807, 2.05) is 13.8 Å². The van der Waals surface area contributed by atoms with E-state index in [4.69, 9.17) is 0 Å². The molecule has 0 saturated heterocycles. The molecule has 1 N–H and O–H groups in total. The van der Waals surface area contributed by atoms with Gasteiger partial charge in [-0.05, 0) is 47.9 Å². The summed E-state index contributed by atoms with van der Waals surface area (Å²) in [6.07, 6.45) is 1.23. The Bertz CT molecular complexity index is 861. The molecule has 0 spiro atoms. The van der Waals surface area contributed by atoms with Crippen LogP contribution in [-0.2, 0) is 10.2 Å². The van der Waals surface area contributed by atoms with Crippen LogP contribution in [0.1, 0.15) is 43.9 Å². The zero-order valence-corrected chi connectivity index (χ0v) is 13.3. The summed E-state index contributed by atoms with van der Waals surface area (Å²) >= 11 is 0. The first-order valence-corrected chi connectivity index (χ1v) is 7.86. The topological polar surface area (TPSA) is 63.1 Å². The van der Waals surface area contributed by atoms with Crippen LogP contribution in [0.15, 0.2) is 24.3 Å². The number of nitrogens with zero attached hydrogens (tertiary/aromatic N) is 2. The molecule has 1 fully saturated rings. The fourth-order valence-electron chi connectivity index (χ4n) is 4.66. The van der Waals surface area contributed by atoms with E-state index in [-0.39, 0.29) is 17.2 Å². The van der Waals surface area contributed by atoms with E-state index in [9.17, 15) is 18.7 Å². The van der Waals surface area contributed by atoms with E-state index in [1.54, 1.807) is 6.07 Å². The summed E-state index contributed by atoms with van der Waals surface area (Å²) in [5.74, 6) is -2.33. The van der Waals surface area contributed by atoms with Crippen molar-refractivity contribution in [3.8, 4) is 11.3 Å². The van der Waals surface area contributed by atoms with E-state index in [0.717, 1.165) is 12.0 Å². The smallest absolute Gasteiger partial charge is 0.316 e. The van der Waals surface area contributed by atoms with E-state index in [1.165, 1.54) is 18.2 Å². The van der Waals surface area contributed by atoms with Gasteiger partial charge in [0, 0.05) is 0 Å². The van der Waals surface area contributed by atoms with Gasteiger partial charge >= 0.3 is 5.97 Å². The molecule has 2 aliphatic rings. The summed E-state index contributed by atoms with van der Waals surface area (Å²) in [4.78, 5) is 12.0. The predicted molar refractivity (Wildman–Crippen MR) is 82.5 cm³/mol. The quantitative estimate of drug-likeness (QED) is 0.913. The maximum Gasteiger partial charge on any atom is 0.316 e. The fourth-order valence-corrected chi connectivity index (χ4v) is 4.66. The van der Waals surface area contributed by atoms with Crippen molar-refractivity contribution in [3.63, 3.8) is 0 Å². The molecule has 2 bridgehead atoms. The lowest BCUT2D eigenvalue weighted by Crippen LogP contribution is -2.43. The van der Waals surface area contributed by atoms with E-state index >= 15 is 0 Å². The first kappa shape index (κ1) is 15.2. The molecule has 4 rings (SSSR count). The molecule has 124 valence electrons. The highest BCUT2D eigenvalue weighted by atomic mass is 19.1. The van der Waals surface area contributed by atoms with Gasteiger partial charge in [0.2, 0.25) is 0 Å². The molecular formula is C18H16F2N2O2. The molecule has 4 nitrogen and oxygen atoms in total. The molecule has 2 aromatic rings. The third-order valence-electron chi connectivity index (χ3n) is 5.97. The van der Waals surface area contributed by atoms with Crippen molar-refractivity contribution in [2.75, 3.05) is 0 Å². The van der Waals surface area contributed by atoms with Gasteiger partial charge in [-0.1, -0.05) is 19.9 Å². The third-order valence-corrected chi connectivity index (χ3v) is 5.97. The van der Waals surface area contributed by atoms with Crippen LogP contribution < -0.4 is 0 Å². The number of halogens is 2. The number of carboxylic acids is 1. The molecule has 1 heterocycles. The van der Waals surface area contributed by atoms with E-state index < -0.39 is 28.4 Å². The highest BCUT2D eigenvalue weighted by molar-refractivity contribution is 5.86. The molecule has 0 radical (unpaired) electrons. The molecule has 0 amide bonds. The number of hydrogen-bond donors (Lipinski definition) is 1. The van der Waals surface area contributed by atoms with Crippen molar-refractivity contribution in [2.24, 2.45) is 5.41 Å². The summed E-state index contributed by atoms with van der Waals surface area (Å²) < 4.78 is 28.1. The summed E-state index contributed by atoms with van der Waals surface area (Å²) in [6.45, 7) is 3.84. The third kappa shape index (κ3) is 1.58. The highest BCUT2D eigenvalue weighted by Gasteiger charge is 2.67. The van der Waals surface area contributed by atoms with E-state index in [0.29, 0.717) is 12.1 Å². The molecule has 1 aromatic carbocycles. The van der Waals surface area contributed by atoms with Gasteiger partial charge in [-0.3, -0.25) is 4.79 Å². The number of benzene rings is 1. The van der Waals surface area contributed by atoms with Crippen LogP contribution in [0.4, 0.5) is 8.78 Å². The van der Waals surface area contributed by atoms with Gasteiger partial charge in [0.1, 0.15) is 17.0 Å². The van der Waals surface area contributed by atoms with Crippen LogP contribution in [0.2, 0.25) is 0 Å². The van der Waals surface area contributed by atoms with Crippen LogP contribution in [0, 0.1) is 17.0 Å². The Morgan fingerprint density at radius 2 is 1.92 bits per heavy atom. The van der Waals surface area contributed by atoms with Crippen molar-refractivity contribution in [1.82, 2.24) is 10.2 Å². The summed E-state index contributed by atoms with van der Waals surface area (Å²) in [5, 5.41) is 17.9. The van der Waals surface area contributed by atoms with Crippen LogP contribution in [0.5, 0.6) is 0 Å². The van der Waals surface area contributed by atoms with Gasteiger partial charge in [0.05, 0.1) is 17.0 Å². The zero-order valence-electron chi connectivity index (χ0n) is 13.3. The first-order valence-electron chi connectivity index (χ1n) is 7.86. The van der Waals surface area contributed by atoms with Crippen LogP contribution >= 0.6 is 0 Å². The predicted octanol–water partition coefficient (Wildman–Crippen LogP) is 3.66. The Kier molecular flexibility index (Phi) is 2.90. The Morgan fingerprint density at radius 3 is 2.54 bits per heavy atom. The van der Waals surface area contributed by atoms with Gasteiger partial charge in [-0.2, -0.15) is 5.10 Å². The molecule has 24 heavy (non-hydrogen) atoms.